The first-order chi connectivity index (χ1) is 5.45. The zero-order valence-electron chi connectivity index (χ0n) is 5.84. The third-order valence-corrected chi connectivity index (χ3v) is 1.03. The molecular weight excluding hydrogens is 213 g/mol. The molecule has 1 rings (SSSR count). The van der Waals surface area contributed by atoms with Crippen LogP contribution < -0.4 is 0 Å². The van der Waals surface area contributed by atoms with E-state index >= 15 is 0 Å². The third-order valence-electron chi connectivity index (χ3n) is 1.03. The van der Waals surface area contributed by atoms with E-state index in [-0.39, 0.29) is 47.5 Å². The fraction of sp³-hybridized carbons (Fsp3) is 0.500. The van der Waals surface area contributed by atoms with Gasteiger partial charge in [0.25, 0.3) is 23.2 Å². The van der Waals surface area contributed by atoms with Crippen LogP contribution in [0.4, 0.5) is 0 Å². The Bertz CT molecular complexity index is 201. The van der Waals surface area contributed by atoms with Crippen LogP contribution in [0.1, 0.15) is 12.8 Å². The van der Waals surface area contributed by atoms with Crippen molar-refractivity contribution in [2.45, 2.75) is 12.8 Å². The van der Waals surface area contributed by atoms with Crippen LogP contribution in [0, 0.1) is 0 Å². The number of hydrogen-bond acceptors (Lipinski definition) is 4. The Morgan fingerprint density at radius 2 is 1.38 bits per heavy atom. The number of amides is 2. The van der Waals surface area contributed by atoms with Gasteiger partial charge >= 0.3 is 29.6 Å². The molecule has 0 radical (unpaired) electrons. The molecule has 0 aromatic rings. The summed E-state index contributed by atoms with van der Waals surface area (Å²) in [6, 6.07) is 0. The molecular formula is C4H8NNaO6S. The van der Waals surface area contributed by atoms with E-state index in [2.05, 4.69) is 0 Å². The molecule has 72 valence electrons. The normalized spacial score (nSPS) is 15.2. The SMILES string of the molecule is O=C1CCC(=O)N1O.O=S(O)O.[NaH]. The maximum absolute atomic E-state index is 10.2. The van der Waals surface area contributed by atoms with Gasteiger partial charge in [-0.2, -0.15) is 9.27 Å². The quantitative estimate of drug-likeness (QED) is 0.200. The summed E-state index contributed by atoms with van der Waals surface area (Å²) in [5.41, 5.74) is 0. The topological polar surface area (TPSA) is 115 Å². The number of nitrogens with zero attached hydrogens (tertiary/aromatic N) is 1. The molecule has 0 aliphatic carbocycles. The average Bonchev–Trinajstić information content (AvgIpc) is 2.19. The van der Waals surface area contributed by atoms with E-state index in [1.807, 2.05) is 0 Å². The van der Waals surface area contributed by atoms with Crippen molar-refractivity contribution in [1.29, 1.82) is 0 Å². The van der Waals surface area contributed by atoms with Gasteiger partial charge in [0.15, 0.2) is 0 Å². The van der Waals surface area contributed by atoms with Gasteiger partial charge in [0.1, 0.15) is 0 Å². The van der Waals surface area contributed by atoms with Crippen LogP contribution in [0.3, 0.4) is 0 Å². The van der Waals surface area contributed by atoms with Crippen LogP contribution in [0.25, 0.3) is 0 Å². The molecule has 0 aromatic heterocycles. The van der Waals surface area contributed by atoms with Gasteiger partial charge in [-0.3, -0.25) is 23.9 Å². The molecule has 7 nitrogen and oxygen atoms in total. The molecule has 1 heterocycles. The van der Waals surface area contributed by atoms with E-state index in [0.717, 1.165) is 0 Å². The van der Waals surface area contributed by atoms with Crippen molar-refractivity contribution in [3.8, 4) is 0 Å². The Balaban J connectivity index is 0. The average molecular weight is 221 g/mol. The monoisotopic (exact) mass is 221 g/mol. The Morgan fingerprint density at radius 1 is 1.15 bits per heavy atom. The molecule has 3 N–H and O–H groups in total. The molecule has 0 spiro atoms. The van der Waals surface area contributed by atoms with Gasteiger partial charge in [-0.15, -0.1) is 0 Å². The van der Waals surface area contributed by atoms with Gasteiger partial charge in [0.2, 0.25) is 0 Å². The van der Waals surface area contributed by atoms with E-state index in [1.54, 1.807) is 0 Å². The molecule has 1 aliphatic rings. The van der Waals surface area contributed by atoms with Crippen molar-refractivity contribution in [3.63, 3.8) is 0 Å². The first-order valence-corrected chi connectivity index (χ1v) is 3.86. The molecule has 0 aromatic carbocycles. The van der Waals surface area contributed by atoms with Gasteiger partial charge < -0.3 is 0 Å². The van der Waals surface area contributed by atoms with E-state index in [0.29, 0.717) is 0 Å². The Hall–Kier alpha value is 0.170. The first-order valence-electron chi connectivity index (χ1n) is 2.79. The van der Waals surface area contributed by atoms with Crippen molar-refractivity contribution < 1.29 is 28.1 Å². The minimum atomic E-state index is -2.61. The summed E-state index contributed by atoms with van der Waals surface area (Å²) in [4.78, 5) is 20.5. The van der Waals surface area contributed by atoms with Crippen LogP contribution in [0.2, 0.25) is 0 Å². The van der Waals surface area contributed by atoms with Crippen molar-refractivity contribution in [1.82, 2.24) is 5.06 Å². The van der Waals surface area contributed by atoms with Crippen molar-refractivity contribution in [3.05, 3.63) is 0 Å². The van der Waals surface area contributed by atoms with E-state index in [1.165, 1.54) is 0 Å². The van der Waals surface area contributed by atoms with Gasteiger partial charge in [0.05, 0.1) is 0 Å². The van der Waals surface area contributed by atoms with Gasteiger partial charge in [0, 0.05) is 12.8 Å². The molecule has 1 fully saturated rings. The second kappa shape index (κ2) is 7.56. The fourth-order valence-electron chi connectivity index (χ4n) is 0.565. The second-order valence-electron chi connectivity index (χ2n) is 1.83. The molecule has 9 heteroatoms. The number of imide groups is 1. The predicted molar refractivity (Wildman–Crippen MR) is 43.4 cm³/mol. The molecule has 0 unspecified atom stereocenters. The molecule has 0 atom stereocenters. The molecule has 0 saturated carbocycles. The zero-order valence-corrected chi connectivity index (χ0v) is 6.65. The van der Waals surface area contributed by atoms with E-state index < -0.39 is 23.2 Å². The first kappa shape index (κ1) is 15.6. The summed E-state index contributed by atoms with van der Waals surface area (Å²) in [6.45, 7) is 0. The van der Waals surface area contributed by atoms with E-state index in [4.69, 9.17) is 18.5 Å². The minimum absolute atomic E-state index is 0. The van der Waals surface area contributed by atoms with Crippen molar-refractivity contribution in [2.24, 2.45) is 0 Å². The molecule has 13 heavy (non-hydrogen) atoms. The Kier molecular flexibility index (Phi) is 9.09. The summed E-state index contributed by atoms with van der Waals surface area (Å²) >= 11 is -2.61. The summed E-state index contributed by atoms with van der Waals surface area (Å²) in [5, 5.41) is 8.57. The third kappa shape index (κ3) is 7.26. The summed E-state index contributed by atoms with van der Waals surface area (Å²) in [5.74, 6) is -1.01. The Labute approximate surface area is 98.5 Å². The number of carbonyl (C=O) groups is 2. The summed E-state index contributed by atoms with van der Waals surface area (Å²) in [7, 11) is 0. The van der Waals surface area contributed by atoms with Gasteiger partial charge in [-0.25, -0.2) is 0 Å². The molecule has 2 amide bonds. The number of rotatable bonds is 0. The van der Waals surface area contributed by atoms with Crippen LogP contribution >= 0.6 is 0 Å². The standard InChI is InChI=1S/C4H5NO3.Na.H2O3S.H/c6-3-1-2-4(7)5(3)8;;1-4(2)3;/h8H,1-2H2;;(H2,1,2,3);. The summed E-state index contributed by atoms with van der Waals surface area (Å²) < 4.78 is 22.8. The van der Waals surface area contributed by atoms with Crippen LogP contribution in [-0.2, 0) is 21.0 Å². The molecule has 1 saturated heterocycles. The van der Waals surface area contributed by atoms with Crippen molar-refractivity contribution >= 4 is 52.7 Å². The predicted octanol–water partition coefficient (Wildman–Crippen LogP) is -1.44. The summed E-state index contributed by atoms with van der Waals surface area (Å²) in [6.07, 6.45) is 0.296. The van der Waals surface area contributed by atoms with Crippen LogP contribution in [0.15, 0.2) is 0 Å². The van der Waals surface area contributed by atoms with Crippen LogP contribution in [0.5, 0.6) is 0 Å². The maximum atomic E-state index is 10.2. The number of carbonyl (C=O) groups excluding carboxylic acids is 2. The zero-order chi connectivity index (χ0) is 9.72. The van der Waals surface area contributed by atoms with Gasteiger partial charge in [-0.05, 0) is 0 Å². The van der Waals surface area contributed by atoms with Crippen molar-refractivity contribution in [2.75, 3.05) is 0 Å². The second-order valence-corrected chi connectivity index (χ2v) is 2.29. The number of hydrogen-bond donors (Lipinski definition) is 3. The fourth-order valence-corrected chi connectivity index (χ4v) is 0.565. The molecule has 0 bridgehead atoms. The van der Waals surface area contributed by atoms with E-state index in [9.17, 15) is 9.59 Å². The Morgan fingerprint density at radius 3 is 1.46 bits per heavy atom. The van der Waals surface area contributed by atoms with Gasteiger partial charge in [-0.1, -0.05) is 0 Å². The number of hydroxylamine groups is 2. The molecule has 1 aliphatic heterocycles. The van der Waals surface area contributed by atoms with Crippen LogP contribution in [-0.4, -0.2) is 65.0 Å².